The van der Waals surface area contributed by atoms with E-state index in [-0.39, 0.29) is 0 Å². The van der Waals surface area contributed by atoms with Crippen molar-refractivity contribution < 1.29 is 0 Å². The molecule has 0 aromatic heterocycles. The molecule has 3 aliphatic rings. The molecule has 0 amide bonds. The molecule has 3 heteroatoms. The van der Waals surface area contributed by atoms with Crippen LogP contribution in [0.25, 0.3) is 0 Å². The van der Waals surface area contributed by atoms with Crippen LogP contribution in [0, 0.1) is 11.8 Å². The van der Waals surface area contributed by atoms with E-state index in [4.69, 9.17) is 0 Å². The predicted molar refractivity (Wildman–Crippen MR) is 80.4 cm³/mol. The Kier molecular flexibility index (Phi) is 4.78. The van der Waals surface area contributed by atoms with E-state index >= 15 is 0 Å². The molecule has 0 spiro atoms. The van der Waals surface area contributed by atoms with Crippen LogP contribution in [0.1, 0.15) is 45.4 Å². The summed E-state index contributed by atoms with van der Waals surface area (Å²) in [4.78, 5) is 2.72. The van der Waals surface area contributed by atoms with Gasteiger partial charge < -0.3 is 15.5 Å². The van der Waals surface area contributed by atoms with E-state index in [0.29, 0.717) is 0 Å². The second-order valence-corrected chi connectivity index (χ2v) is 7.21. The van der Waals surface area contributed by atoms with Crippen molar-refractivity contribution in [3.63, 3.8) is 0 Å². The van der Waals surface area contributed by atoms with Crippen LogP contribution >= 0.6 is 0 Å². The Labute approximate surface area is 118 Å². The van der Waals surface area contributed by atoms with Crippen LogP contribution in [0.3, 0.4) is 0 Å². The van der Waals surface area contributed by atoms with Crippen molar-refractivity contribution in [2.24, 2.45) is 11.8 Å². The van der Waals surface area contributed by atoms with Gasteiger partial charge in [-0.15, -0.1) is 0 Å². The van der Waals surface area contributed by atoms with E-state index in [2.05, 4.69) is 22.5 Å². The minimum absolute atomic E-state index is 0.807. The summed E-state index contributed by atoms with van der Waals surface area (Å²) in [5.41, 5.74) is 0. The molecular weight excluding hydrogens is 234 g/mol. The van der Waals surface area contributed by atoms with E-state index in [1.165, 1.54) is 71.2 Å². The standard InChI is InChI=1S/C16H31N3/c1-13-10-16(11-13)18-15-4-8-19(9-5-15)12-14-2-6-17-7-3-14/h13-18H,2-12H2,1H3. The maximum absolute atomic E-state index is 3.87. The maximum Gasteiger partial charge on any atom is 0.00940 e. The van der Waals surface area contributed by atoms with Gasteiger partial charge in [-0.3, -0.25) is 0 Å². The lowest BCUT2D eigenvalue weighted by atomic mass is 9.81. The van der Waals surface area contributed by atoms with Crippen LogP contribution < -0.4 is 10.6 Å². The minimum atomic E-state index is 0.807. The normalized spacial score (nSPS) is 35.2. The molecule has 0 unspecified atom stereocenters. The Morgan fingerprint density at radius 2 is 1.68 bits per heavy atom. The summed E-state index contributed by atoms with van der Waals surface area (Å²) in [6.45, 7) is 8.85. The molecule has 19 heavy (non-hydrogen) atoms. The number of likely N-dealkylation sites (tertiary alicyclic amines) is 1. The Morgan fingerprint density at radius 1 is 1.00 bits per heavy atom. The summed E-state index contributed by atoms with van der Waals surface area (Å²) in [6.07, 6.45) is 8.34. The van der Waals surface area contributed by atoms with Gasteiger partial charge in [0.05, 0.1) is 0 Å². The van der Waals surface area contributed by atoms with Gasteiger partial charge in [0.1, 0.15) is 0 Å². The van der Waals surface area contributed by atoms with E-state index in [1.54, 1.807) is 0 Å². The molecule has 0 aromatic carbocycles. The zero-order valence-electron chi connectivity index (χ0n) is 12.5. The van der Waals surface area contributed by atoms with Gasteiger partial charge in [-0.1, -0.05) is 6.92 Å². The van der Waals surface area contributed by atoms with Crippen molar-refractivity contribution in [3.05, 3.63) is 0 Å². The lowest BCUT2D eigenvalue weighted by Crippen LogP contribution is -2.50. The molecule has 110 valence electrons. The lowest BCUT2D eigenvalue weighted by molar-refractivity contribution is 0.137. The first kappa shape index (κ1) is 13.8. The average molecular weight is 265 g/mol. The van der Waals surface area contributed by atoms with Gasteiger partial charge >= 0.3 is 0 Å². The van der Waals surface area contributed by atoms with Crippen LogP contribution in [-0.4, -0.2) is 49.7 Å². The van der Waals surface area contributed by atoms with Crippen molar-refractivity contribution in [1.82, 2.24) is 15.5 Å². The Bertz CT molecular complexity index is 261. The van der Waals surface area contributed by atoms with E-state index < -0.39 is 0 Å². The second-order valence-electron chi connectivity index (χ2n) is 7.21. The van der Waals surface area contributed by atoms with Crippen molar-refractivity contribution in [1.29, 1.82) is 0 Å². The van der Waals surface area contributed by atoms with Gasteiger partial charge in [-0.25, -0.2) is 0 Å². The fraction of sp³-hybridized carbons (Fsp3) is 1.00. The van der Waals surface area contributed by atoms with Gasteiger partial charge in [0.2, 0.25) is 0 Å². The molecule has 0 aromatic rings. The monoisotopic (exact) mass is 265 g/mol. The summed E-state index contributed by atoms with van der Waals surface area (Å²) >= 11 is 0. The van der Waals surface area contributed by atoms with Gasteiger partial charge in [-0.2, -0.15) is 0 Å². The van der Waals surface area contributed by atoms with Crippen molar-refractivity contribution >= 4 is 0 Å². The first-order valence-corrected chi connectivity index (χ1v) is 8.48. The molecule has 0 bridgehead atoms. The Morgan fingerprint density at radius 3 is 2.32 bits per heavy atom. The molecule has 2 N–H and O–H groups in total. The Balaban J connectivity index is 1.32. The molecular formula is C16H31N3. The molecule has 2 aliphatic heterocycles. The van der Waals surface area contributed by atoms with Crippen molar-refractivity contribution in [3.8, 4) is 0 Å². The fourth-order valence-electron chi connectivity index (χ4n) is 4.08. The highest BCUT2D eigenvalue weighted by molar-refractivity contribution is 4.88. The van der Waals surface area contributed by atoms with E-state index in [9.17, 15) is 0 Å². The molecule has 0 atom stereocenters. The summed E-state index contributed by atoms with van der Waals surface area (Å²) in [5.74, 6) is 1.93. The molecule has 1 aliphatic carbocycles. The zero-order chi connectivity index (χ0) is 13.1. The molecule has 2 saturated heterocycles. The Hall–Kier alpha value is -0.120. The predicted octanol–water partition coefficient (Wildman–Crippen LogP) is 1.84. The smallest absolute Gasteiger partial charge is 0.00940 e. The van der Waals surface area contributed by atoms with E-state index in [1.807, 2.05) is 0 Å². The highest BCUT2D eigenvalue weighted by Gasteiger charge is 2.29. The molecule has 2 heterocycles. The summed E-state index contributed by atoms with van der Waals surface area (Å²) < 4.78 is 0. The molecule has 1 saturated carbocycles. The topological polar surface area (TPSA) is 27.3 Å². The number of hydrogen-bond donors (Lipinski definition) is 2. The van der Waals surface area contributed by atoms with Crippen LogP contribution in [0.4, 0.5) is 0 Å². The number of nitrogens with zero attached hydrogens (tertiary/aromatic N) is 1. The molecule has 3 fully saturated rings. The number of nitrogens with one attached hydrogen (secondary N) is 2. The molecule has 3 nitrogen and oxygen atoms in total. The largest absolute Gasteiger partial charge is 0.317 e. The zero-order valence-corrected chi connectivity index (χ0v) is 12.5. The minimum Gasteiger partial charge on any atom is -0.317 e. The van der Waals surface area contributed by atoms with Gasteiger partial charge in [0.15, 0.2) is 0 Å². The first-order chi connectivity index (χ1) is 9.29. The summed E-state index contributed by atoms with van der Waals surface area (Å²) in [5, 5.41) is 7.34. The van der Waals surface area contributed by atoms with Crippen LogP contribution in [0.2, 0.25) is 0 Å². The maximum atomic E-state index is 3.87. The SMILES string of the molecule is CC1CC(NC2CCN(CC3CCNCC3)CC2)C1. The van der Waals surface area contributed by atoms with Crippen LogP contribution in [0.15, 0.2) is 0 Å². The van der Waals surface area contributed by atoms with Gasteiger partial charge in [-0.05, 0) is 76.5 Å². The highest BCUT2D eigenvalue weighted by atomic mass is 15.1. The third-order valence-electron chi connectivity index (χ3n) is 5.41. The van der Waals surface area contributed by atoms with Gasteiger partial charge in [0.25, 0.3) is 0 Å². The number of rotatable bonds is 4. The van der Waals surface area contributed by atoms with Crippen LogP contribution in [-0.2, 0) is 0 Å². The first-order valence-electron chi connectivity index (χ1n) is 8.48. The molecule has 0 radical (unpaired) electrons. The third kappa shape index (κ3) is 3.93. The highest BCUT2D eigenvalue weighted by Crippen LogP contribution is 2.28. The quantitative estimate of drug-likeness (QED) is 0.812. The number of hydrogen-bond acceptors (Lipinski definition) is 3. The number of piperidine rings is 2. The van der Waals surface area contributed by atoms with Crippen molar-refractivity contribution in [2.75, 3.05) is 32.7 Å². The lowest BCUT2D eigenvalue weighted by Gasteiger charge is -2.40. The third-order valence-corrected chi connectivity index (χ3v) is 5.41. The van der Waals surface area contributed by atoms with E-state index in [0.717, 1.165) is 23.9 Å². The van der Waals surface area contributed by atoms with Crippen LogP contribution in [0.5, 0.6) is 0 Å². The van der Waals surface area contributed by atoms with Crippen molar-refractivity contribution in [2.45, 2.75) is 57.5 Å². The second kappa shape index (κ2) is 6.55. The average Bonchev–Trinajstić information content (AvgIpc) is 2.40. The molecule has 3 rings (SSSR count). The summed E-state index contributed by atoms with van der Waals surface area (Å²) in [7, 11) is 0. The summed E-state index contributed by atoms with van der Waals surface area (Å²) in [6, 6.07) is 1.65. The fourth-order valence-corrected chi connectivity index (χ4v) is 4.08. The van der Waals surface area contributed by atoms with Gasteiger partial charge in [0, 0.05) is 18.6 Å².